The van der Waals surface area contributed by atoms with Crippen LogP contribution in [0.1, 0.15) is 102 Å². The molecule has 0 aromatic heterocycles. The molecule has 25 heavy (non-hydrogen) atoms. The zero-order valence-electron chi connectivity index (χ0n) is 17.3. The van der Waals surface area contributed by atoms with Crippen molar-refractivity contribution >= 4 is 13.2 Å². The molecule has 142 valence electrons. The van der Waals surface area contributed by atoms with Gasteiger partial charge in [0.15, 0.2) is 0 Å². The summed E-state index contributed by atoms with van der Waals surface area (Å²) in [6.45, 7) is 9.25. The summed E-state index contributed by atoms with van der Waals surface area (Å²) in [5.41, 5.74) is 5.01. The van der Waals surface area contributed by atoms with Crippen LogP contribution in [0.15, 0.2) is 18.2 Å². The summed E-state index contributed by atoms with van der Waals surface area (Å²) in [7, 11) is 0.0579. The van der Waals surface area contributed by atoms with Crippen LogP contribution >= 0.6 is 7.92 Å². The average Bonchev–Trinajstić information content (AvgIpc) is 2.98. The van der Waals surface area contributed by atoms with Gasteiger partial charge in [0.1, 0.15) is 0 Å². The largest absolute Gasteiger partial charge is 0.0687 e. The smallest absolute Gasteiger partial charge is 0.0166 e. The van der Waals surface area contributed by atoms with E-state index in [2.05, 4.69) is 45.9 Å². The van der Waals surface area contributed by atoms with Crippen molar-refractivity contribution in [2.24, 2.45) is 0 Å². The van der Waals surface area contributed by atoms with Crippen LogP contribution in [-0.4, -0.2) is 11.3 Å². The third-order valence-corrected chi connectivity index (χ3v) is 9.70. The minimum atomic E-state index is 0.0579. The van der Waals surface area contributed by atoms with Gasteiger partial charge in [0.25, 0.3) is 0 Å². The maximum absolute atomic E-state index is 2.50. The van der Waals surface area contributed by atoms with E-state index in [0.717, 1.165) is 11.3 Å². The second kappa shape index (κ2) is 11.4. The predicted molar refractivity (Wildman–Crippen MR) is 117 cm³/mol. The summed E-state index contributed by atoms with van der Waals surface area (Å²) >= 11 is 0. The zero-order valence-corrected chi connectivity index (χ0v) is 18.2. The molecule has 1 aromatic carbocycles. The van der Waals surface area contributed by atoms with E-state index in [1.54, 1.807) is 10.9 Å². The molecule has 1 aliphatic heterocycles. The number of benzene rings is 1. The molecule has 0 spiro atoms. The lowest BCUT2D eigenvalue weighted by atomic mass is 10.0. The molecule has 0 bridgehead atoms. The van der Waals surface area contributed by atoms with Crippen LogP contribution in [0.25, 0.3) is 0 Å². The minimum Gasteiger partial charge on any atom is -0.0687 e. The Kier molecular flexibility index (Phi) is 9.54. The summed E-state index contributed by atoms with van der Waals surface area (Å²) in [5.74, 6) is 0. The topological polar surface area (TPSA) is 0 Å². The molecule has 2 atom stereocenters. The van der Waals surface area contributed by atoms with E-state index < -0.39 is 0 Å². The van der Waals surface area contributed by atoms with Gasteiger partial charge in [-0.1, -0.05) is 96.9 Å². The van der Waals surface area contributed by atoms with Crippen LogP contribution in [0, 0.1) is 13.8 Å². The fourth-order valence-electron chi connectivity index (χ4n) is 4.63. The van der Waals surface area contributed by atoms with Gasteiger partial charge in [-0.15, -0.1) is 0 Å². The first kappa shape index (κ1) is 21.0. The highest BCUT2D eigenvalue weighted by molar-refractivity contribution is 7.67. The van der Waals surface area contributed by atoms with Gasteiger partial charge in [0.05, 0.1) is 0 Å². The van der Waals surface area contributed by atoms with E-state index in [1.165, 1.54) is 82.6 Å². The van der Waals surface area contributed by atoms with E-state index in [4.69, 9.17) is 0 Å². The molecule has 0 radical (unpaired) electrons. The van der Waals surface area contributed by atoms with Crippen LogP contribution in [-0.2, 0) is 0 Å². The van der Waals surface area contributed by atoms with Crippen molar-refractivity contribution in [3.8, 4) is 0 Å². The van der Waals surface area contributed by atoms with Crippen LogP contribution in [0.5, 0.6) is 0 Å². The lowest BCUT2D eigenvalue weighted by Gasteiger charge is -2.28. The standard InChI is InChI=1S/C24H41P/c1-5-7-9-11-13-22-16-17-23(14-12-10-8-6-2)25(22)24-18-15-20(3)19-21(24)4/h15,18-19,22-23H,5-14,16-17H2,1-4H3. The molecular weight excluding hydrogens is 319 g/mol. The number of aryl methyl sites for hydroxylation is 2. The summed E-state index contributed by atoms with van der Waals surface area (Å²) in [5, 5.41) is 1.75. The minimum absolute atomic E-state index is 0.0579. The van der Waals surface area contributed by atoms with Gasteiger partial charge in [-0.3, -0.25) is 0 Å². The maximum atomic E-state index is 2.50. The quantitative estimate of drug-likeness (QED) is 0.278. The van der Waals surface area contributed by atoms with Gasteiger partial charge in [0.2, 0.25) is 0 Å². The third kappa shape index (κ3) is 6.39. The lowest BCUT2D eigenvalue weighted by molar-refractivity contribution is 0.580. The summed E-state index contributed by atoms with van der Waals surface area (Å²) in [6, 6.07) is 7.29. The predicted octanol–water partition coefficient (Wildman–Crippen LogP) is 7.88. The van der Waals surface area contributed by atoms with Gasteiger partial charge in [-0.25, -0.2) is 0 Å². The van der Waals surface area contributed by atoms with Crippen molar-refractivity contribution in [3.05, 3.63) is 29.3 Å². The van der Waals surface area contributed by atoms with Crippen LogP contribution in [0.3, 0.4) is 0 Å². The molecule has 0 nitrogen and oxygen atoms in total. The van der Waals surface area contributed by atoms with Crippen LogP contribution in [0.2, 0.25) is 0 Å². The van der Waals surface area contributed by atoms with E-state index in [9.17, 15) is 0 Å². The average molecular weight is 361 g/mol. The molecular formula is C24H41P. The van der Waals surface area contributed by atoms with Crippen molar-refractivity contribution < 1.29 is 0 Å². The Morgan fingerprint density at radius 1 is 0.800 bits per heavy atom. The highest BCUT2D eigenvalue weighted by Gasteiger charge is 2.36. The first-order valence-electron chi connectivity index (χ1n) is 11.0. The number of unbranched alkanes of at least 4 members (excludes halogenated alkanes) is 6. The van der Waals surface area contributed by atoms with E-state index in [0.29, 0.717) is 0 Å². The first-order valence-corrected chi connectivity index (χ1v) is 12.5. The molecule has 1 heterocycles. The van der Waals surface area contributed by atoms with Gasteiger partial charge >= 0.3 is 0 Å². The lowest BCUT2D eigenvalue weighted by Crippen LogP contribution is -2.17. The molecule has 1 aromatic rings. The van der Waals surface area contributed by atoms with Gasteiger partial charge in [0, 0.05) is 0 Å². The first-order chi connectivity index (χ1) is 12.2. The molecule has 0 amide bonds. The normalized spacial score (nSPS) is 23.3. The molecule has 1 heteroatoms. The van der Waals surface area contributed by atoms with Gasteiger partial charge in [-0.05, 0) is 61.7 Å². The monoisotopic (exact) mass is 360 g/mol. The SMILES string of the molecule is CCCCCCC1CCC(CCCCCC)P1c1ccc(C)cc1C. The summed E-state index contributed by atoms with van der Waals surface area (Å²) in [6.07, 6.45) is 17.4. The zero-order chi connectivity index (χ0) is 18.1. The Bertz CT molecular complexity index is 473. The Labute approximate surface area is 158 Å². The summed E-state index contributed by atoms with van der Waals surface area (Å²) in [4.78, 5) is 0. The second-order valence-electron chi connectivity index (χ2n) is 8.28. The molecule has 0 N–H and O–H groups in total. The van der Waals surface area contributed by atoms with Crippen molar-refractivity contribution in [3.63, 3.8) is 0 Å². The summed E-state index contributed by atoms with van der Waals surface area (Å²) < 4.78 is 0. The van der Waals surface area contributed by atoms with Gasteiger partial charge in [-0.2, -0.15) is 0 Å². The van der Waals surface area contributed by atoms with E-state index in [1.807, 2.05) is 0 Å². The van der Waals surface area contributed by atoms with E-state index >= 15 is 0 Å². The molecule has 2 rings (SSSR count). The Hall–Kier alpha value is -0.350. The maximum Gasteiger partial charge on any atom is -0.0166 e. The van der Waals surface area contributed by atoms with Crippen molar-refractivity contribution in [1.29, 1.82) is 0 Å². The molecule has 1 saturated heterocycles. The fraction of sp³-hybridized carbons (Fsp3) is 0.750. The molecule has 1 fully saturated rings. The molecule has 0 aliphatic carbocycles. The number of rotatable bonds is 11. The Balaban J connectivity index is 2.05. The highest BCUT2D eigenvalue weighted by Crippen LogP contribution is 2.58. The molecule has 1 aliphatic rings. The fourth-order valence-corrected chi connectivity index (χ4v) is 8.51. The third-order valence-electron chi connectivity index (χ3n) is 6.03. The van der Waals surface area contributed by atoms with E-state index in [-0.39, 0.29) is 7.92 Å². The number of hydrogen-bond donors (Lipinski definition) is 0. The van der Waals surface area contributed by atoms with Crippen molar-refractivity contribution in [2.75, 3.05) is 0 Å². The van der Waals surface area contributed by atoms with Crippen molar-refractivity contribution in [1.82, 2.24) is 0 Å². The Morgan fingerprint density at radius 3 is 1.84 bits per heavy atom. The molecule has 0 saturated carbocycles. The Morgan fingerprint density at radius 2 is 1.36 bits per heavy atom. The van der Waals surface area contributed by atoms with Gasteiger partial charge < -0.3 is 0 Å². The highest BCUT2D eigenvalue weighted by atomic mass is 31.1. The molecule has 2 unspecified atom stereocenters. The van der Waals surface area contributed by atoms with Crippen LogP contribution < -0.4 is 5.30 Å². The van der Waals surface area contributed by atoms with Crippen LogP contribution in [0.4, 0.5) is 0 Å². The number of hydrogen-bond acceptors (Lipinski definition) is 0. The van der Waals surface area contributed by atoms with Crippen molar-refractivity contribution in [2.45, 2.75) is 116 Å². The second-order valence-corrected chi connectivity index (χ2v) is 11.0.